The van der Waals surface area contributed by atoms with E-state index in [4.69, 9.17) is 15.7 Å². The fraction of sp³-hybridized carbons (Fsp3) is 0.200. The summed E-state index contributed by atoms with van der Waals surface area (Å²) in [7, 11) is 0. The predicted octanol–water partition coefficient (Wildman–Crippen LogP) is 1.32. The van der Waals surface area contributed by atoms with Gasteiger partial charge >= 0.3 is 5.97 Å². The van der Waals surface area contributed by atoms with E-state index in [0.717, 1.165) is 11.3 Å². The molecular formula is C10H8N4O2S. The van der Waals surface area contributed by atoms with Crippen molar-refractivity contribution in [3.05, 3.63) is 16.6 Å². The Kier molecular flexibility index (Phi) is 2.89. The fourth-order valence-electron chi connectivity index (χ4n) is 1.33. The van der Waals surface area contributed by atoms with Crippen molar-refractivity contribution in [2.45, 2.75) is 6.92 Å². The summed E-state index contributed by atoms with van der Waals surface area (Å²) in [6.45, 7) is 2.02. The lowest BCUT2D eigenvalue weighted by atomic mass is 10.3. The van der Waals surface area contributed by atoms with Crippen LogP contribution in [0.4, 0.5) is 5.95 Å². The van der Waals surface area contributed by atoms with Crippen molar-refractivity contribution in [1.29, 1.82) is 5.26 Å². The third-order valence-corrected chi connectivity index (χ3v) is 3.00. The number of aromatic nitrogens is 2. The van der Waals surface area contributed by atoms with Gasteiger partial charge < -0.3 is 10.5 Å². The molecule has 0 bridgehead atoms. The van der Waals surface area contributed by atoms with Gasteiger partial charge in [0.25, 0.3) is 0 Å². The summed E-state index contributed by atoms with van der Waals surface area (Å²) in [6.07, 6.45) is 0. The monoisotopic (exact) mass is 248 g/mol. The fourth-order valence-corrected chi connectivity index (χ4v) is 2.26. The number of thiophene rings is 1. The summed E-state index contributed by atoms with van der Waals surface area (Å²) < 4.78 is 4.87. The predicted molar refractivity (Wildman–Crippen MR) is 62.5 cm³/mol. The minimum atomic E-state index is -0.432. The number of nitrogen functional groups attached to an aromatic ring is 1. The van der Waals surface area contributed by atoms with E-state index in [-0.39, 0.29) is 11.6 Å². The van der Waals surface area contributed by atoms with Crippen molar-refractivity contribution in [3.8, 4) is 6.07 Å². The summed E-state index contributed by atoms with van der Waals surface area (Å²) in [5.41, 5.74) is 5.63. The maximum atomic E-state index is 11.5. The first kappa shape index (κ1) is 11.3. The zero-order chi connectivity index (χ0) is 12.4. The molecule has 2 aromatic heterocycles. The van der Waals surface area contributed by atoms with E-state index in [9.17, 15) is 4.79 Å². The molecule has 0 fully saturated rings. The van der Waals surface area contributed by atoms with Crippen molar-refractivity contribution < 1.29 is 9.53 Å². The molecule has 0 aliphatic heterocycles. The Balaban J connectivity index is 2.58. The number of carbonyl (C=O) groups is 1. The lowest BCUT2D eigenvalue weighted by molar-refractivity contribution is 0.0532. The number of fused-ring (bicyclic) bond motifs is 1. The van der Waals surface area contributed by atoms with Crippen molar-refractivity contribution in [2.24, 2.45) is 0 Å². The molecule has 2 N–H and O–H groups in total. The molecule has 2 rings (SSSR count). The lowest BCUT2D eigenvalue weighted by Gasteiger charge is -1.95. The van der Waals surface area contributed by atoms with Gasteiger partial charge in [0.15, 0.2) is 5.69 Å². The number of ether oxygens (including phenoxy) is 1. The van der Waals surface area contributed by atoms with Gasteiger partial charge in [-0.3, -0.25) is 0 Å². The summed E-state index contributed by atoms with van der Waals surface area (Å²) in [6, 6.07) is 3.47. The Labute approximate surface area is 101 Å². The molecule has 17 heavy (non-hydrogen) atoms. The Morgan fingerprint density at radius 1 is 1.65 bits per heavy atom. The Morgan fingerprint density at radius 2 is 2.41 bits per heavy atom. The zero-order valence-corrected chi connectivity index (χ0v) is 9.74. The van der Waals surface area contributed by atoms with Crippen LogP contribution in [0.2, 0.25) is 0 Å². The average molecular weight is 248 g/mol. The highest BCUT2D eigenvalue weighted by molar-refractivity contribution is 7.20. The van der Waals surface area contributed by atoms with Crippen LogP contribution < -0.4 is 5.73 Å². The van der Waals surface area contributed by atoms with Gasteiger partial charge in [0, 0.05) is 5.39 Å². The Morgan fingerprint density at radius 3 is 3.06 bits per heavy atom. The molecule has 0 spiro atoms. The van der Waals surface area contributed by atoms with E-state index in [2.05, 4.69) is 9.97 Å². The van der Waals surface area contributed by atoms with Crippen LogP contribution in [0.5, 0.6) is 0 Å². The summed E-state index contributed by atoms with van der Waals surface area (Å²) in [5, 5.41) is 9.43. The molecule has 0 atom stereocenters. The van der Waals surface area contributed by atoms with Crippen LogP contribution in [0, 0.1) is 11.3 Å². The summed E-state index contributed by atoms with van der Waals surface area (Å²) >= 11 is 1.13. The first-order chi connectivity index (χ1) is 8.15. The first-order valence-corrected chi connectivity index (χ1v) is 5.61. The Bertz CT molecular complexity index is 629. The van der Waals surface area contributed by atoms with Gasteiger partial charge in [-0.25, -0.2) is 14.8 Å². The van der Waals surface area contributed by atoms with Gasteiger partial charge in [-0.1, -0.05) is 0 Å². The number of carbonyl (C=O) groups excluding carboxylic acids is 1. The first-order valence-electron chi connectivity index (χ1n) is 4.80. The molecule has 0 saturated heterocycles. The average Bonchev–Trinajstić information content (AvgIpc) is 2.71. The number of nitriles is 1. The van der Waals surface area contributed by atoms with E-state index >= 15 is 0 Å². The van der Waals surface area contributed by atoms with Gasteiger partial charge in [-0.2, -0.15) is 5.26 Å². The van der Waals surface area contributed by atoms with E-state index in [0.29, 0.717) is 21.7 Å². The molecule has 0 aliphatic rings. The number of nitrogens with two attached hydrogens (primary N) is 1. The van der Waals surface area contributed by atoms with Gasteiger partial charge in [0.2, 0.25) is 5.95 Å². The summed E-state index contributed by atoms with van der Waals surface area (Å²) in [5.74, 6) is -0.413. The number of rotatable bonds is 2. The molecule has 0 aromatic carbocycles. The van der Waals surface area contributed by atoms with Crippen LogP contribution in [0.15, 0.2) is 6.07 Å². The molecule has 86 valence electrons. The molecule has 0 radical (unpaired) electrons. The highest BCUT2D eigenvalue weighted by atomic mass is 32.1. The normalized spacial score (nSPS) is 10.1. The van der Waals surface area contributed by atoms with Crippen LogP contribution in [-0.4, -0.2) is 22.5 Å². The quantitative estimate of drug-likeness (QED) is 0.804. The third kappa shape index (κ3) is 2.03. The second kappa shape index (κ2) is 4.35. The molecular weight excluding hydrogens is 240 g/mol. The van der Waals surface area contributed by atoms with E-state index in [1.54, 1.807) is 13.0 Å². The standard InChI is InChI=1S/C10H8N4O2S/c1-2-16-9(15)7-3-5-6(4-11)13-10(12)14-8(5)17-7/h3H,2H2,1H3,(H2,12,13,14). The van der Waals surface area contributed by atoms with Crippen LogP contribution in [0.3, 0.4) is 0 Å². The van der Waals surface area contributed by atoms with E-state index in [1.165, 1.54) is 0 Å². The zero-order valence-electron chi connectivity index (χ0n) is 8.93. The minimum absolute atomic E-state index is 0.0197. The molecule has 7 heteroatoms. The van der Waals surface area contributed by atoms with Gasteiger partial charge in [0.05, 0.1) is 6.61 Å². The van der Waals surface area contributed by atoms with E-state index in [1.807, 2.05) is 6.07 Å². The molecule has 0 unspecified atom stereocenters. The van der Waals surface area contributed by atoms with E-state index < -0.39 is 5.97 Å². The maximum absolute atomic E-state index is 11.5. The maximum Gasteiger partial charge on any atom is 0.348 e. The second-order valence-corrected chi connectivity index (χ2v) is 4.12. The number of anilines is 1. The van der Waals surface area contributed by atoms with Crippen molar-refractivity contribution in [1.82, 2.24) is 9.97 Å². The topological polar surface area (TPSA) is 102 Å². The number of hydrogen-bond donors (Lipinski definition) is 1. The highest BCUT2D eigenvalue weighted by Gasteiger charge is 2.15. The van der Waals surface area contributed by atoms with Crippen LogP contribution in [-0.2, 0) is 4.74 Å². The van der Waals surface area contributed by atoms with Crippen LogP contribution >= 0.6 is 11.3 Å². The second-order valence-electron chi connectivity index (χ2n) is 3.09. The highest BCUT2D eigenvalue weighted by Crippen LogP contribution is 2.26. The SMILES string of the molecule is CCOC(=O)c1cc2c(C#N)nc(N)nc2s1. The lowest BCUT2D eigenvalue weighted by Crippen LogP contribution is -2.01. The third-order valence-electron chi connectivity index (χ3n) is 1.99. The van der Waals surface area contributed by atoms with Crippen molar-refractivity contribution in [3.63, 3.8) is 0 Å². The molecule has 0 amide bonds. The smallest absolute Gasteiger partial charge is 0.348 e. The molecule has 6 nitrogen and oxygen atoms in total. The Hall–Kier alpha value is -2.20. The number of nitrogens with zero attached hydrogens (tertiary/aromatic N) is 3. The number of esters is 1. The molecule has 0 saturated carbocycles. The van der Waals surface area contributed by atoms with Crippen LogP contribution in [0.1, 0.15) is 22.3 Å². The molecule has 0 aliphatic carbocycles. The molecule has 2 heterocycles. The van der Waals surface area contributed by atoms with Crippen LogP contribution in [0.25, 0.3) is 10.2 Å². The number of hydrogen-bond acceptors (Lipinski definition) is 7. The van der Waals surface area contributed by atoms with Gasteiger partial charge in [0.1, 0.15) is 15.8 Å². The van der Waals surface area contributed by atoms with Gasteiger partial charge in [-0.05, 0) is 13.0 Å². The van der Waals surface area contributed by atoms with Crippen molar-refractivity contribution >= 4 is 33.5 Å². The van der Waals surface area contributed by atoms with Gasteiger partial charge in [-0.15, -0.1) is 11.3 Å². The summed E-state index contributed by atoms with van der Waals surface area (Å²) in [4.78, 5) is 20.2. The molecule has 2 aromatic rings. The minimum Gasteiger partial charge on any atom is -0.462 e. The largest absolute Gasteiger partial charge is 0.462 e. The van der Waals surface area contributed by atoms with Crippen molar-refractivity contribution in [2.75, 3.05) is 12.3 Å².